The van der Waals surface area contributed by atoms with Gasteiger partial charge in [0.15, 0.2) is 0 Å². The minimum absolute atomic E-state index is 0.183. The molecule has 0 aliphatic heterocycles. The Morgan fingerprint density at radius 1 is 0.935 bits per heavy atom. The summed E-state index contributed by atoms with van der Waals surface area (Å²) in [5, 5.41) is 2.90. The van der Waals surface area contributed by atoms with Crippen LogP contribution in [0.4, 0.5) is 5.69 Å². The summed E-state index contributed by atoms with van der Waals surface area (Å²) in [5.74, 6) is 1.46. The van der Waals surface area contributed by atoms with Gasteiger partial charge >= 0.3 is 0 Å². The Morgan fingerprint density at radius 2 is 1.65 bits per heavy atom. The van der Waals surface area contributed by atoms with Crippen LogP contribution in [0, 0.1) is 13.8 Å². The summed E-state index contributed by atoms with van der Waals surface area (Å²) in [7, 11) is -3.73. The molecule has 0 aliphatic rings. The van der Waals surface area contributed by atoms with Crippen molar-refractivity contribution in [3.05, 3.63) is 95.1 Å². The molecule has 3 aromatic rings. The van der Waals surface area contributed by atoms with Gasteiger partial charge in [-0.2, -0.15) is 11.8 Å². The van der Waals surface area contributed by atoms with Crippen LogP contribution < -0.4 is 10.0 Å². The highest BCUT2D eigenvalue weighted by atomic mass is 32.2. The van der Waals surface area contributed by atoms with E-state index in [1.807, 2.05) is 25.1 Å². The van der Waals surface area contributed by atoms with Crippen molar-refractivity contribution >= 4 is 33.4 Å². The van der Waals surface area contributed by atoms with Crippen LogP contribution in [0.1, 0.15) is 27.0 Å². The van der Waals surface area contributed by atoms with Crippen LogP contribution in [0.15, 0.2) is 77.7 Å². The van der Waals surface area contributed by atoms with Gasteiger partial charge in [0.2, 0.25) is 0 Å². The zero-order valence-electron chi connectivity index (χ0n) is 17.6. The first-order chi connectivity index (χ1) is 14.8. The molecule has 31 heavy (non-hydrogen) atoms. The SMILES string of the molecule is Cc1ccc(S(=O)(=O)Nc2cc(C(=O)NCCSCc3ccccc3)ccc2C)cc1. The summed E-state index contributed by atoms with van der Waals surface area (Å²) in [6, 6.07) is 21.8. The zero-order chi connectivity index (χ0) is 22.3. The molecule has 0 saturated carbocycles. The first kappa shape index (κ1) is 22.9. The molecule has 0 radical (unpaired) electrons. The predicted octanol–water partition coefficient (Wildman–Crippen LogP) is 4.77. The van der Waals surface area contributed by atoms with Gasteiger partial charge in [-0.05, 0) is 49.2 Å². The lowest BCUT2D eigenvalue weighted by molar-refractivity contribution is 0.0956. The number of aryl methyl sites for hydroxylation is 2. The smallest absolute Gasteiger partial charge is 0.261 e. The first-order valence-electron chi connectivity index (χ1n) is 9.95. The highest BCUT2D eigenvalue weighted by molar-refractivity contribution is 7.98. The van der Waals surface area contributed by atoms with E-state index in [1.165, 1.54) is 5.56 Å². The van der Waals surface area contributed by atoms with Crippen LogP contribution in [-0.2, 0) is 15.8 Å². The van der Waals surface area contributed by atoms with E-state index >= 15 is 0 Å². The molecule has 0 heterocycles. The Kier molecular flexibility index (Phi) is 7.76. The number of carbonyl (C=O) groups excluding carboxylic acids is 1. The number of nitrogens with one attached hydrogen (secondary N) is 2. The minimum atomic E-state index is -3.73. The first-order valence-corrected chi connectivity index (χ1v) is 12.6. The molecule has 0 saturated heterocycles. The summed E-state index contributed by atoms with van der Waals surface area (Å²) in [5.41, 5.74) is 3.79. The Hall–Kier alpha value is -2.77. The normalized spacial score (nSPS) is 11.2. The van der Waals surface area contributed by atoms with Gasteiger partial charge in [0.25, 0.3) is 15.9 Å². The molecule has 0 fully saturated rings. The largest absolute Gasteiger partial charge is 0.351 e. The molecule has 0 bridgehead atoms. The van der Waals surface area contributed by atoms with E-state index in [1.54, 1.807) is 61.2 Å². The third-order valence-electron chi connectivity index (χ3n) is 4.72. The third-order valence-corrected chi connectivity index (χ3v) is 7.13. The van der Waals surface area contributed by atoms with E-state index in [0.717, 1.165) is 22.6 Å². The van der Waals surface area contributed by atoms with Crippen molar-refractivity contribution in [1.29, 1.82) is 0 Å². The number of anilines is 1. The molecular formula is C24H26N2O3S2. The summed E-state index contributed by atoms with van der Waals surface area (Å²) in [6.45, 7) is 4.24. The van der Waals surface area contributed by atoms with E-state index in [-0.39, 0.29) is 10.8 Å². The predicted molar refractivity (Wildman–Crippen MR) is 128 cm³/mol. The Labute approximate surface area is 188 Å². The average molecular weight is 455 g/mol. The van der Waals surface area contributed by atoms with Crippen molar-refractivity contribution in [2.45, 2.75) is 24.5 Å². The lowest BCUT2D eigenvalue weighted by atomic mass is 10.1. The van der Waals surface area contributed by atoms with Crippen molar-refractivity contribution in [3.8, 4) is 0 Å². The van der Waals surface area contributed by atoms with Gasteiger partial charge in [-0.3, -0.25) is 9.52 Å². The van der Waals surface area contributed by atoms with Crippen LogP contribution in [0.2, 0.25) is 0 Å². The monoisotopic (exact) mass is 454 g/mol. The number of amides is 1. The van der Waals surface area contributed by atoms with E-state index in [9.17, 15) is 13.2 Å². The summed E-state index contributed by atoms with van der Waals surface area (Å²) < 4.78 is 28.0. The quantitative estimate of drug-likeness (QED) is 0.457. The van der Waals surface area contributed by atoms with Gasteiger partial charge in [0.1, 0.15) is 0 Å². The van der Waals surface area contributed by atoms with Crippen molar-refractivity contribution in [2.24, 2.45) is 0 Å². The summed E-state index contributed by atoms with van der Waals surface area (Å²) in [4.78, 5) is 12.7. The molecule has 3 rings (SSSR count). The number of thioether (sulfide) groups is 1. The van der Waals surface area contributed by atoms with Gasteiger partial charge in [0, 0.05) is 23.6 Å². The second kappa shape index (κ2) is 10.5. The molecule has 7 heteroatoms. The molecule has 2 N–H and O–H groups in total. The Morgan fingerprint density at radius 3 is 2.35 bits per heavy atom. The summed E-state index contributed by atoms with van der Waals surface area (Å²) >= 11 is 1.75. The van der Waals surface area contributed by atoms with Crippen LogP contribution in [0.3, 0.4) is 0 Å². The topological polar surface area (TPSA) is 75.3 Å². The maximum absolute atomic E-state index is 12.7. The number of sulfonamides is 1. The van der Waals surface area contributed by atoms with Crippen LogP contribution in [0.25, 0.3) is 0 Å². The molecule has 0 aliphatic carbocycles. The fourth-order valence-electron chi connectivity index (χ4n) is 2.90. The molecular weight excluding hydrogens is 428 g/mol. The number of hydrogen-bond donors (Lipinski definition) is 2. The molecule has 0 unspecified atom stereocenters. The van der Waals surface area contributed by atoms with E-state index in [4.69, 9.17) is 0 Å². The number of rotatable bonds is 9. The average Bonchev–Trinajstić information content (AvgIpc) is 2.76. The van der Waals surface area contributed by atoms with Gasteiger partial charge < -0.3 is 5.32 Å². The van der Waals surface area contributed by atoms with Crippen molar-refractivity contribution in [3.63, 3.8) is 0 Å². The summed E-state index contributed by atoms with van der Waals surface area (Å²) in [6.07, 6.45) is 0. The lowest BCUT2D eigenvalue weighted by Gasteiger charge is -2.13. The molecule has 5 nitrogen and oxygen atoms in total. The second-order valence-corrected chi connectivity index (χ2v) is 10.0. The molecule has 1 amide bonds. The highest BCUT2D eigenvalue weighted by Crippen LogP contribution is 2.22. The molecule has 0 spiro atoms. The fraction of sp³-hybridized carbons (Fsp3) is 0.208. The van der Waals surface area contributed by atoms with Crippen molar-refractivity contribution < 1.29 is 13.2 Å². The van der Waals surface area contributed by atoms with Gasteiger partial charge in [-0.15, -0.1) is 0 Å². The van der Waals surface area contributed by atoms with E-state index < -0.39 is 10.0 Å². The fourth-order valence-corrected chi connectivity index (χ4v) is 4.84. The van der Waals surface area contributed by atoms with Crippen LogP contribution in [-0.4, -0.2) is 26.6 Å². The number of benzene rings is 3. The third kappa shape index (κ3) is 6.60. The van der Waals surface area contributed by atoms with Crippen molar-refractivity contribution in [1.82, 2.24) is 5.32 Å². The molecule has 0 aromatic heterocycles. The lowest BCUT2D eigenvalue weighted by Crippen LogP contribution is -2.26. The Bertz CT molecular complexity index is 1130. The Balaban J connectivity index is 1.58. The minimum Gasteiger partial charge on any atom is -0.351 e. The molecule has 0 atom stereocenters. The standard InChI is InChI=1S/C24H26N2O3S2/c1-18-8-12-22(13-9-18)31(28,29)26-23-16-21(11-10-19(23)2)24(27)25-14-15-30-17-20-6-4-3-5-7-20/h3-13,16,26H,14-15,17H2,1-2H3,(H,25,27). The maximum Gasteiger partial charge on any atom is 0.261 e. The maximum atomic E-state index is 12.7. The van der Waals surface area contributed by atoms with E-state index in [2.05, 4.69) is 22.2 Å². The second-order valence-electron chi connectivity index (χ2n) is 7.24. The van der Waals surface area contributed by atoms with Crippen molar-refractivity contribution in [2.75, 3.05) is 17.0 Å². The number of hydrogen-bond acceptors (Lipinski definition) is 4. The molecule has 3 aromatic carbocycles. The zero-order valence-corrected chi connectivity index (χ0v) is 19.2. The highest BCUT2D eigenvalue weighted by Gasteiger charge is 2.16. The van der Waals surface area contributed by atoms with E-state index in [0.29, 0.717) is 17.8 Å². The van der Waals surface area contributed by atoms with Crippen LogP contribution >= 0.6 is 11.8 Å². The van der Waals surface area contributed by atoms with Gasteiger partial charge in [-0.1, -0.05) is 54.1 Å². The van der Waals surface area contributed by atoms with Crippen LogP contribution in [0.5, 0.6) is 0 Å². The number of carbonyl (C=O) groups is 1. The van der Waals surface area contributed by atoms with Gasteiger partial charge in [0.05, 0.1) is 10.6 Å². The van der Waals surface area contributed by atoms with Gasteiger partial charge in [-0.25, -0.2) is 8.42 Å². The molecule has 162 valence electrons.